The highest BCUT2D eigenvalue weighted by Crippen LogP contribution is 2.27. The lowest BCUT2D eigenvalue weighted by molar-refractivity contribution is -0.127. The zero-order valence-corrected chi connectivity index (χ0v) is 58.4. The van der Waals surface area contributed by atoms with Gasteiger partial charge in [-0.25, -0.2) is 14.0 Å². The molecule has 26 nitrogen and oxygen atoms in total. The fraction of sp³-hybridized carbons (Fsp3) is 0.848. The lowest BCUT2D eigenvalue weighted by Gasteiger charge is -2.35. The molecule has 4 N–H and O–H groups in total. The number of unbranched alkanes of at least 4 members (excludes halogenated alkanes) is 7. The standard InChI is InChI=1S/C66H121N13O13/c1-55(2)20-18-16-14-12-13-15-17-19-21-62(83)70-66(25-22-59(80)67-28-34-84-40-46-90-49-43-87-37-31-77-52-56(71-74-77)63(3,4)5,26-23-60(81)68-29-35-85-41-47-91-50-44-88-38-32-78-53-57(72-75-78)64(6,7)8)27-24-61(82)69-30-36-86-42-48-92-51-45-89-39-33-79-54-58(73-76-79)65(9,10)11/h52-55H,12-51H2,1-11H3,(H,67,80)(H,68,81)(H,69,82)(H,70,83). The van der Waals surface area contributed by atoms with Crippen LogP contribution < -0.4 is 21.3 Å². The molecule has 0 unspecified atom stereocenters. The Morgan fingerprint density at radius 3 is 0.924 bits per heavy atom. The second-order valence-electron chi connectivity index (χ2n) is 27.0. The van der Waals surface area contributed by atoms with Crippen LogP contribution in [0.25, 0.3) is 0 Å². The van der Waals surface area contributed by atoms with Crippen LogP contribution in [0.5, 0.6) is 0 Å². The second-order valence-corrected chi connectivity index (χ2v) is 27.0. The van der Waals surface area contributed by atoms with Crippen LogP contribution in [0.1, 0.15) is 196 Å². The summed E-state index contributed by atoms with van der Waals surface area (Å²) >= 11 is 0. The summed E-state index contributed by atoms with van der Waals surface area (Å²) in [7, 11) is 0. The Kier molecular flexibility index (Phi) is 42.1. The number of hydrogen-bond donors (Lipinski definition) is 4. The zero-order valence-electron chi connectivity index (χ0n) is 58.4. The number of nitrogens with zero attached hydrogens (tertiary/aromatic N) is 9. The number of aromatic nitrogens is 9. The van der Waals surface area contributed by atoms with Gasteiger partial charge in [-0.2, -0.15) is 0 Å². The van der Waals surface area contributed by atoms with E-state index in [1.807, 2.05) is 18.6 Å². The van der Waals surface area contributed by atoms with Crippen molar-refractivity contribution >= 4 is 23.6 Å². The van der Waals surface area contributed by atoms with Gasteiger partial charge in [0.15, 0.2) is 0 Å². The molecule has 0 saturated heterocycles. The molecule has 0 atom stereocenters. The first-order valence-corrected chi connectivity index (χ1v) is 34.1. The van der Waals surface area contributed by atoms with Crippen LogP contribution in [-0.4, -0.2) is 213 Å². The molecule has 3 aromatic rings. The van der Waals surface area contributed by atoms with Crippen molar-refractivity contribution in [2.45, 2.75) is 220 Å². The van der Waals surface area contributed by atoms with Gasteiger partial charge in [-0.05, 0) is 31.6 Å². The van der Waals surface area contributed by atoms with E-state index in [1.165, 1.54) is 32.1 Å². The van der Waals surface area contributed by atoms with E-state index in [4.69, 9.17) is 42.6 Å². The highest BCUT2D eigenvalue weighted by Gasteiger charge is 2.34. The SMILES string of the molecule is CC(C)CCCCCCCCCCC(=O)NC(CCC(=O)NCCOCCOCCOCCn1cc(C(C)(C)C)nn1)(CCC(=O)NCCOCCOCCOCCn1cc(C(C)(C)C)nn1)CCC(=O)NCCOCCOCCOCCn1cc(C(C)(C)C)nn1. The Labute approximate surface area is 550 Å². The van der Waals surface area contributed by atoms with Crippen LogP contribution in [0.15, 0.2) is 18.6 Å². The van der Waals surface area contributed by atoms with Gasteiger partial charge in [-0.1, -0.05) is 143 Å². The van der Waals surface area contributed by atoms with Gasteiger partial charge in [0.25, 0.3) is 0 Å². The minimum Gasteiger partial charge on any atom is -0.377 e. The van der Waals surface area contributed by atoms with Gasteiger partial charge in [-0.3, -0.25) is 19.2 Å². The maximum absolute atomic E-state index is 13.9. The monoisotopic (exact) mass is 1300 g/mol. The molecule has 0 saturated carbocycles. The molecule has 3 aromatic heterocycles. The van der Waals surface area contributed by atoms with Crippen LogP contribution in [-0.2, 0) is 97.7 Å². The molecule has 0 fully saturated rings. The summed E-state index contributed by atoms with van der Waals surface area (Å²) in [6.45, 7) is 32.9. The maximum Gasteiger partial charge on any atom is 0.220 e. The number of ether oxygens (including phenoxy) is 9. The molecular weight excluding hydrogens is 1180 g/mol. The normalized spacial score (nSPS) is 12.3. The van der Waals surface area contributed by atoms with Gasteiger partial charge < -0.3 is 63.9 Å². The highest BCUT2D eigenvalue weighted by molar-refractivity contribution is 5.80. The van der Waals surface area contributed by atoms with Gasteiger partial charge in [0.1, 0.15) is 0 Å². The molecule has 0 radical (unpaired) electrons. The molecule has 4 amide bonds. The number of amides is 4. The molecule has 92 heavy (non-hydrogen) atoms. The number of carbonyl (C=O) groups excluding carboxylic acids is 4. The summed E-state index contributed by atoms with van der Waals surface area (Å²) in [5.74, 6) is -0.155. The summed E-state index contributed by atoms with van der Waals surface area (Å²) in [5.41, 5.74) is 1.55. The fourth-order valence-electron chi connectivity index (χ4n) is 9.28. The third-order valence-corrected chi connectivity index (χ3v) is 15.1. The minimum atomic E-state index is -1.05. The largest absolute Gasteiger partial charge is 0.377 e. The van der Waals surface area contributed by atoms with Crippen molar-refractivity contribution in [3.8, 4) is 0 Å². The molecule has 0 aliphatic heterocycles. The van der Waals surface area contributed by atoms with E-state index in [0.717, 1.165) is 42.3 Å². The summed E-state index contributed by atoms with van der Waals surface area (Å²) in [6.07, 6.45) is 16.9. The van der Waals surface area contributed by atoms with Crippen LogP contribution in [0.3, 0.4) is 0 Å². The summed E-state index contributed by atoms with van der Waals surface area (Å²) in [4.78, 5) is 54.4. The molecule has 0 aliphatic rings. The van der Waals surface area contributed by atoms with Crippen molar-refractivity contribution in [3.05, 3.63) is 35.7 Å². The molecule has 0 aliphatic carbocycles. The predicted octanol–water partition coefficient (Wildman–Crippen LogP) is 7.00. The van der Waals surface area contributed by atoms with Crippen molar-refractivity contribution in [2.75, 3.05) is 139 Å². The van der Waals surface area contributed by atoms with E-state index in [1.54, 1.807) is 14.0 Å². The first kappa shape index (κ1) is 81.2. The first-order chi connectivity index (χ1) is 44.0. The van der Waals surface area contributed by atoms with Crippen LogP contribution in [0.4, 0.5) is 0 Å². The lowest BCUT2D eigenvalue weighted by Crippen LogP contribution is -2.50. The molecular formula is C66H121N13O13. The Balaban J connectivity index is 1.48. The van der Waals surface area contributed by atoms with Crippen LogP contribution >= 0.6 is 0 Å². The fourth-order valence-corrected chi connectivity index (χ4v) is 9.28. The summed E-state index contributed by atoms with van der Waals surface area (Å²) in [6, 6.07) is 0. The van der Waals surface area contributed by atoms with E-state index in [9.17, 15) is 19.2 Å². The van der Waals surface area contributed by atoms with Gasteiger partial charge in [-0.15, -0.1) is 15.3 Å². The predicted molar refractivity (Wildman–Crippen MR) is 352 cm³/mol. The number of carbonyl (C=O) groups is 4. The minimum absolute atomic E-state index is 0.0470. The van der Waals surface area contributed by atoms with Crippen molar-refractivity contribution in [1.29, 1.82) is 0 Å². The van der Waals surface area contributed by atoms with E-state index >= 15 is 0 Å². The Hall–Kier alpha value is -5.06. The van der Waals surface area contributed by atoms with Gasteiger partial charge in [0.05, 0.1) is 156 Å². The number of hydrogen-bond acceptors (Lipinski definition) is 19. The average molecular weight is 1300 g/mol. The van der Waals surface area contributed by atoms with Crippen molar-refractivity contribution < 1.29 is 61.8 Å². The van der Waals surface area contributed by atoms with Crippen LogP contribution in [0, 0.1) is 5.92 Å². The number of nitrogens with one attached hydrogen (secondary N) is 4. The van der Waals surface area contributed by atoms with E-state index in [2.05, 4.69) is 128 Å². The molecule has 0 spiro atoms. The number of rotatable bonds is 57. The van der Waals surface area contributed by atoms with Gasteiger partial charge in [0, 0.05) is 85.7 Å². The molecule has 3 rings (SSSR count). The smallest absolute Gasteiger partial charge is 0.220 e. The first-order valence-electron chi connectivity index (χ1n) is 34.1. The molecule has 528 valence electrons. The van der Waals surface area contributed by atoms with E-state index < -0.39 is 5.54 Å². The highest BCUT2D eigenvalue weighted by atomic mass is 16.6. The Morgan fingerprint density at radius 1 is 0.370 bits per heavy atom. The van der Waals surface area contributed by atoms with Crippen molar-refractivity contribution in [3.63, 3.8) is 0 Å². The maximum atomic E-state index is 13.9. The second kappa shape index (κ2) is 47.8. The Bertz CT molecular complexity index is 2160. The third-order valence-electron chi connectivity index (χ3n) is 15.1. The van der Waals surface area contributed by atoms with Crippen LogP contribution in [0.2, 0.25) is 0 Å². The Morgan fingerprint density at radius 2 is 0.641 bits per heavy atom. The molecule has 26 heteroatoms. The molecule has 0 aromatic carbocycles. The van der Waals surface area contributed by atoms with Gasteiger partial charge >= 0.3 is 0 Å². The van der Waals surface area contributed by atoms with Crippen molar-refractivity contribution in [2.24, 2.45) is 5.92 Å². The van der Waals surface area contributed by atoms with Gasteiger partial charge in [0.2, 0.25) is 23.6 Å². The summed E-state index contributed by atoms with van der Waals surface area (Å²) < 4.78 is 56.6. The average Bonchev–Trinajstić information content (AvgIpc) is 1.40. The van der Waals surface area contributed by atoms with Crippen molar-refractivity contribution in [1.82, 2.24) is 66.2 Å². The molecule has 3 heterocycles. The lowest BCUT2D eigenvalue weighted by atomic mass is 9.82. The summed E-state index contributed by atoms with van der Waals surface area (Å²) in [5, 5.41) is 37.3. The third kappa shape index (κ3) is 40.9. The topological polar surface area (TPSA) is 292 Å². The quantitative estimate of drug-likeness (QED) is 0.0413. The molecule has 0 bridgehead atoms. The zero-order chi connectivity index (χ0) is 67.2. The van der Waals surface area contributed by atoms with E-state index in [0.29, 0.717) is 132 Å². The van der Waals surface area contributed by atoms with E-state index in [-0.39, 0.29) is 118 Å².